The van der Waals surface area contributed by atoms with Crippen molar-refractivity contribution in [1.29, 1.82) is 0 Å². The molecule has 3 aromatic heterocycles. The quantitative estimate of drug-likeness (QED) is 0.116. The molecule has 7 aromatic rings. The zero-order valence-electron chi connectivity index (χ0n) is 28.6. The summed E-state index contributed by atoms with van der Waals surface area (Å²) in [5.74, 6) is 2.08. The Kier molecular flexibility index (Phi) is 9.43. The second-order valence-electron chi connectivity index (χ2n) is 12.3. The topological polar surface area (TPSA) is 44.9 Å². The molecule has 0 N–H and O–H groups in total. The van der Waals surface area contributed by atoms with Gasteiger partial charge in [-0.2, -0.15) is 17.2 Å². The average Bonchev–Trinajstić information content (AvgIpc) is 3.57. The Hall–Kier alpha value is -4.50. The van der Waals surface area contributed by atoms with E-state index in [0.29, 0.717) is 11.5 Å². The third-order valence-corrected chi connectivity index (χ3v) is 9.45. The van der Waals surface area contributed by atoms with E-state index in [1.807, 2.05) is 41.2 Å². The van der Waals surface area contributed by atoms with Crippen LogP contribution in [0.3, 0.4) is 0 Å². The van der Waals surface area contributed by atoms with Crippen molar-refractivity contribution in [3.05, 3.63) is 130 Å². The minimum Gasteiger partial charge on any atom is -0.509 e. The van der Waals surface area contributed by atoms with Crippen LogP contribution in [0.15, 0.2) is 79.0 Å². The Labute approximate surface area is 297 Å². The number of ether oxygens (including phenoxy) is 1. The van der Waals surface area contributed by atoms with Crippen LogP contribution in [0.5, 0.6) is 11.5 Å². The molecule has 3 heterocycles. The SMILES string of the molecule is CCc1cc(CC)c(-c2c(C)nn(-c3[c-]c(Oc4[c-]c5c(cc4)c4ccccc4n5-c4cc(C)ccn4)ccc3)c2C)c(CC)c1C.[Pd+2]. The molecule has 7 rings (SSSR count). The minimum absolute atomic E-state index is 0. The van der Waals surface area contributed by atoms with Gasteiger partial charge in [-0.1, -0.05) is 50.6 Å². The third-order valence-electron chi connectivity index (χ3n) is 9.45. The van der Waals surface area contributed by atoms with Gasteiger partial charge in [0.2, 0.25) is 0 Å². The van der Waals surface area contributed by atoms with Crippen LogP contribution in [0, 0.1) is 39.8 Å². The zero-order chi connectivity index (χ0) is 32.8. The maximum Gasteiger partial charge on any atom is 2.00 e. The first kappa shape index (κ1) is 33.4. The van der Waals surface area contributed by atoms with Gasteiger partial charge in [0.1, 0.15) is 5.82 Å². The smallest absolute Gasteiger partial charge is 0.509 e. The molecule has 0 radical (unpaired) electrons. The molecule has 48 heavy (non-hydrogen) atoms. The second-order valence-corrected chi connectivity index (χ2v) is 12.3. The molecule has 0 unspecified atom stereocenters. The van der Waals surface area contributed by atoms with E-state index in [1.165, 1.54) is 33.4 Å². The molecule has 5 nitrogen and oxygen atoms in total. The summed E-state index contributed by atoms with van der Waals surface area (Å²) in [4.78, 5) is 4.70. The van der Waals surface area contributed by atoms with Crippen molar-refractivity contribution in [2.45, 2.75) is 67.7 Å². The Morgan fingerprint density at radius 1 is 0.729 bits per heavy atom. The van der Waals surface area contributed by atoms with E-state index in [4.69, 9.17) is 14.8 Å². The Morgan fingerprint density at radius 3 is 2.25 bits per heavy atom. The first-order valence-corrected chi connectivity index (χ1v) is 16.6. The maximum absolute atomic E-state index is 6.45. The van der Waals surface area contributed by atoms with Crippen LogP contribution >= 0.6 is 0 Å². The predicted octanol–water partition coefficient (Wildman–Crippen LogP) is 10.3. The first-order chi connectivity index (χ1) is 22.8. The Bertz CT molecular complexity index is 2290. The summed E-state index contributed by atoms with van der Waals surface area (Å²) in [6.45, 7) is 15.4. The van der Waals surface area contributed by atoms with E-state index in [2.05, 4.69) is 108 Å². The van der Waals surface area contributed by atoms with Crippen LogP contribution in [-0.4, -0.2) is 19.3 Å². The molecule has 4 aromatic carbocycles. The number of para-hydroxylation sites is 1. The summed E-state index contributed by atoms with van der Waals surface area (Å²) in [5.41, 5.74) is 14.3. The number of nitrogens with zero attached hydrogens (tertiary/aromatic N) is 4. The molecule has 0 fully saturated rings. The molecular weight excluding hydrogens is 683 g/mol. The van der Waals surface area contributed by atoms with E-state index in [9.17, 15) is 0 Å². The Morgan fingerprint density at radius 2 is 1.50 bits per heavy atom. The van der Waals surface area contributed by atoms with Gasteiger partial charge in [0.15, 0.2) is 0 Å². The molecule has 0 aliphatic heterocycles. The van der Waals surface area contributed by atoms with E-state index in [0.717, 1.165) is 69.5 Å². The molecule has 244 valence electrons. The molecule has 0 saturated carbocycles. The Balaban J connectivity index is 0.00000401. The molecule has 0 bridgehead atoms. The van der Waals surface area contributed by atoms with Crippen molar-refractivity contribution in [3.63, 3.8) is 0 Å². The van der Waals surface area contributed by atoms with Gasteiger partial charge in [-0.15, -0.1) is 35.7 Å². The average molecular weight is 723 g/mol. The van der Waals surface area contributed by atoms with Crippen molar-refractivity contribution in [3.8, 4) is 34.1 Å². The van der Waals surface area contributed by atoms with Gasteiger partial charge in [-0.05, 0) is 110 Å². The van der Waals surface area contributed by atoms with Crippen molar-refractivity contribution >= 4 is 21.8 Å². The summed E-state index contributed by atoms with van der Waals surface area (Å²) in [5, 5.41) is 7.31. The van der Waals surface area contributed by atoms with Crippen LogP contribution in [0.2, 0.25) is 0 Å². The summed E-state index contributed by atoms with van der Waals surface area (Å²) in [7, 11) is 0. The monoisotopic (exact) mass is 722 g/mol. The van der Waals surface area contributed by atoms with Gasteiger partial charge in [0, 0.05) is 34.5 Å². The largest absolute Gasteiger partial charge is 2.00 e. The van der Waals surface area contributed by atoms with Crippen LogP contribution in [-0.2, 0) is 39.7 Å². The van der Waals surface area contributed by atoms with Crippen molar-refractivity contribution in [1.82, 2.24) is 19.3 Å². The van der Waals surface area contributed by atoms with Gasteiger partial charge in [-0.25, -0.2) is 4.98 Å². The van der Waals surface area contributed by atoms with E-state index < -0.39 is 0 Å². The van der Waals surface area contributed by atoms with Gasteiger partial charge < -0.3 is 9.30 Å². The van der Waals surface area contributed by atoms with Crippen molar-refractivity contribution < 1.29 is 25.2 Å². The predicted molar refractivity (Wildman–Crippen MR) is 192 cm³/mol. The molecule has 0 aliphatic carbocycles. The zero-order valence-corrected chi connectivity index (χ0v) is 30.2. The number of hydrogen-bond acceptors (Lipinski definition) is 3. The third kappa shape index (κ3) is 5.68. The number of rotatable bonds is 8. The molecular formula is C42H40N4OPd. The van der Waals surface area contributed by atoms with Gasteiger partial charge in [0.05, 0.1) is 5.69 Å². The number of benzene rings is 4. The van der Waals surface area contributed by atoms with Crippen LogP contribution in [0.4, 0.5) is 0 Å². The van der Waals surface area contributed by atoms with Crippen molar-refractivity contribution in [2.24, 2.45) is 0 Å². The van der Waals surface area contributed by atoms with Crippen molar-refractivity contribution in [2.75, 3.05) is 0 Å². The normalized spacial score (nSPS) is 11.3. The van der Waals surface area contributed by atoms with E-state index in [-0.39, 0.29) is 20.4 Å². The molecule has 0 aliphatic rings. The van der Waals surface area contributed by atoms with Crippen LogP contribution in [0.25, 0.3) is 44.4 Å². The summed E-state index contributed by atoms with van der Waals surface area (Å²) < 4.78 is 10.6. The fourth-order valence-electron chi connectivity index (χ4n) is 7.16. The van der Waals surface area contributed by atoms with Gasteiger partial charge >= 0.3 is 20.4 Å². The van der Waals surface area contributed by atoms with E-state index in [1.54, 1.807) is 0 Å². The van der Waals surface area contributed by atoms with Gasteiger partial charge in [0.25, 0.3) is 0 Å². The van der Waals surface area contributed by atoms with E-state index >= 15 is 0 Å². The molecule has 0 saturated heterocycles. The number of aryl methyl sites for hydroxylation is 4. The number of aromatic nitrogens is 4. The number of hydrogen-bond donors (Lipinski definition) is 0. The molecule has 6 heteroatoms. The number of fused-ring (bicyclic) bond motifs is 3. The number of pyridine rings is 1. The fourth-order valence-corrected chi connectivity index (χ4v) is 7.16. The maximum atomic E-state index is 6.45. The van der Waals surface area contributed by atoms with Crippen LogP contribution < -0.4 is 4.74 Å². The van der Waals surface area contributed by atoms with Gasteiger partial charge in [-0.3, -0.25) is 4.68 Å². The second kappa shape index (κ2) is 13.6. The summed E-state index contributed by atoms with van der Waals surface area (Å²) in [6.07, 6.45) is 4.86. The van der Waals surface area contributed by atoms with Crippen LogP contribution in [0.1, 0.15) is 60.0 Å². The first-order valence-electron chi connectivity index (χ1n) is 16.6. The summed E-state index contributed by atoms with van der Waals surface area (Å²) in [6, 6.07) is 32.0. The fraction of sp³-hybridized carbons (Fsp3) is 0.238. The molecule has 0 atom stereocenters. The molecule has 0 amide bonds. The standard InChI is InChI=1S/C42H40N4O.Pd/c1-8-30-23-31(9-2)42(35(10-3)27(30)5)41-28(6)44-46(29(41)7)32-14-13-15-33(24-32)47-34-18-19-37-36-16-11-12-17-38(36)45(39(37)25-34)40-22-26(4)20-21-43-40;/h11-23H,8-10H2,1-7H3;/q-2;+2. The summed E-state index contributed by atoms with van der Waals surface area (Å²) >= 11 is 0. The molecule has 0 spiro atoms. The minimum atomic E-state index is 0.